The second-order valence-corrected chi connectivity index (χ2v) is 7.34. The average Bonchev–Trinajstić information content (AvgIpc) is 2.64. The van der Waals surface area contributed by atoms with Crippen LogP contribution in [-0.2, 0) is 11.0 Å². The first kappa shape index (κ1) is 16.1. The van der Waals surface area contributed by atoms with Gasteiger partial charge in [-0.15, -0.1) is 0 Å². The molecule has 0 aliphatic carbocycles. The van der Waals surface area contributed by atoms with Crippen LogP contribution in [0.2, 0.25) is 0 Å². The highest BCUT2D eigenvalue weighted by molar-refractivity contribution is 6.80. The lowest BCUT2D eigenvalue weighted by atomic mass is 10.2. The summed E-state index contributed by atoms with van der Waals surface area (Å²) in [6.45, 7) is 0.217. The molecule has 24 heavy (non-hydrogen) atoms. The molecule has 119 valence electrons. The molecule has 3 aromatic carbocycles. The van der Waals surface area contributed by atoms with Crippen molar-refractivity contribution in [1.82, 2.24) is 0 Å². The molecule has 0 saturated carbocycles. The lowest BCUT2D eigenvalue weighted by Crippen LogP contribution is -2.44. The molecule has 3 rings (SSSR count). The van der Waals surface area contributed by atoms with Gasteiger partial charge in [0.25, 0.3) is 14.7 Å². The summed E-state index contributed by atoms with van der Waals surface area (Å²) in [5.74, 6) is 0. The van der Waals surface area contributed by atoms with Crippen molar-refractivity contribution in [1.29, 1.82) is 0 Å². The van der Waals surface area contributed by atoms with Gasteiger partial charge in [0.05, 0.1) is 17.1 Å². The Bertz CT molecular complexity index is 770. The van der Waals surface area contributed by atoms with Crippen LogP contribution in [0.15, 0.2) is 84.9 Å². The van der Waals surface area contributed by atoms with Crippen LogP contribution in [0.4, 0.5) is 5.69 Å². The zero-order valence-corrected chi connectivity index (χ0v) is 14.0. The van der Waals surface area contributed by atoms with E-state index in [1.165, 1.54) is 6.07 Å². The first-order valence-electron chi connectivity index (χ1n) is 7.58. The van der Waals surface area contributed by atoms with Crippen LogP contribution in [0, 0.1) is 10.1 Å². The number of rotatable bonds is 6. The van der Waals surface area contributed by atoms with Gasteiger partial charge >= 0.3 is 0 Å². The summed E-state index contributed by atoms with van der Waals surface area (Å²) in [4.78, 5) is 10.8. The Hall–Kier alpha value is -2.76. The molecule has 5 heteroatoms. The molecule has 0 bridgehead atoms. The van der Waals surface area contributed by atoms with E-state index >= 15 is 0 Å². The summed E-state index contributed by atoms with van der Waals surface area (Å²) in [6.07, 6.45) is 0. The van der Waals surface area contributed by atoms with E-state index in [9.17, 15) is 10.1 Å². The molecule has 0 atom stereocenters. The maximum atomic E-state index is 11.2. The SMILES string of the molecule is O=[N+]([O-])c1ccccc1CO[Si](c1ccccc1)c1ccccc1. The van der Waals surface area contributed by atoms with Crippen LogP contribution in [0.1, 0.15) is 5.56 Å². The van der Waals surface area contributed by atoms with Gasteiger partial charge in [0.2, 0.25) is 0 Å². The molecular weight excluding hydrogens is 318 g/mol. The number of benzene rings is 3. The molecule has 0 aliphatic heterocycles. The Morgan fingerprint density at radius 1 is 0.792 bits per heavy atom. The highest BCUT2D eigenvalue weighted by Crippen LogP contribution is 2.18. The third-order valence-electron chi connectivity index (χ3n) is 3.63. The molecule has 0 amide bonds. The first-order valence-corrected chi connectivity index (χ1v) is 8.99. The van der Waals surface area contributed by atoms with Crippen molar-refractivity contribution in [2.75, 3.05) is 0 Å². The number of nitro groups is 1. The Kier molecular flexibility index (Phi) is 5.15. The zero-order valence-electron chi connectivity index (χ0n) is 13.0. The summed E-state index contributed by atoms with van der Waals surface area (Å²) in [6, 6.07) is 26.8. The van der Waals surface area contributed by atoms with Gasteiger partial charge in [-0.2, -0.15) is 0 Å². The molecule has 1 radical (unpaired) electrons. The fraction of sp³-hybridized carbons (Fsp3) is 0.0526. The van der Waals surface area contributed by atoms with Crippen molar-refractivity contribution < 1.29 is 9.35 Å². The van der Waals surface area contributed by atoms with Gasteiger partial charge in [-0.25, -0.2) is 0 Å². The van der Waals surface area contributed by atoms with Crippen molar-refractivity contribution >= 4 is 25.1 Å². The van der Waals surface area contributed by atoms with E-state index in [2.05, 4.69) is 0 Å². The van der Waals surface area contributed by atoms with Crippen LogP contribution in [0.5, 0.6) is 0 Å². The topological polar surface area (TPSA) is 52.4 Å². The summed E-state index contributed by atoms with van der Waals surface area (Å²) < 4.78 is 6.19. The number of hydrogen-bond donors (Lipinski definition) is 0. The molecule has 0 aliphatic rings. The molecule has 0 spiro atoms. The predicted octanol–water partition coefficient (Wildman–Crippen LogP) is 2.92. The fourth-order valence-electron chi connectivity index (χ4n) is 2.47. The minimum atomic E-state index is -1.46. The van der Waals surface area contributed by atoms with Crippen molar-refractivity contribution in [2.45, 2.75) is 6.61 Å². The molecule has 3 aromatic rings. The Morgan fingerprint density at radius 3 is 1.83 bits per heavy atom. The van der Waals surface area contributed by atoms with Crippen LogP contribution < -0.4 is 10.4 Å². The molecule has 0 aromatic heterocycles. The van der Waals surface area contributed by atoms with Crippen molar-refractivity contribution in [3.05, 3.63) is 101 Å². The molecule has 0 fully saturated rings. The maximum Gasteiger partial charge on any atom is 0.283 e. The monoisotopic (exact) mass is 334 g/mol. The summed E-state index contributed by atoms with van der Waals surface area (Å²) in [5, 5.41) is 13.4. The average molecular weight is 334 g/mol. The standard InChI is InChI=1S/C19H16NO3Si/c21-20(22)19-14-8-7-9-16(19)15-23-24(17-10-3-1-4-11-17)18-12-5-2-6-13-18/h1-14H,15H2. The molecule has 0 saturated heterocycles. The number of para-hydroxylation sites is 1. The van der Waals surface area contributed by atoms with Crippen LogP contribution in [0.3, 0.4) is 0 Å². The number of nitrogens with zero attached hydrogens (tertiary/aromatic N) is 1. The predicted molar refractivity (Wildman–Crippen MR) is 95.8 cm³/mol. The summed E-state index contributed by atoms with van der Waals surface area (Å²) >= 11 is 0. The van der Waals surface area contributed by atoms with Crippen LogP contribution in [0.25, 0.3) is 0 Å². The van der Waals surface area contributed by atoms with E-state index < -0.39 is 9.04 Å². The quantitative estimate of drug-likeness (QED) is 0.396. The van der Waals surface area contributed by atoms with E-state index in [4.69, 9.17) is 4.43 Å². The highest BCUT2D eigenvalue weighted by atomic mass is 28.3. The minimum absolute atomic E-state index is 0.0972. The van der Waals surface area contributed by atoms with Gasteiger partial charge in [-0.1, -0.05) is 72.8 Å². The maximum absolute atomic E-state index is 11.2. The molecule has 0 N–H and O–H groups in total. The highest BCUT2D eigenvalue weighted by Gasteiger charge is 2.21. The lowest BCUT2D eigenvalue weighted by Gasteiger charge is -2.16. The van der Waals surface area contributed by atoms with Crippen LogP contribution in [-0.4, -0.2) is 14.0 Å². The van der Waals surface area contributed by atoms with Crippen LogP contribution >= 0.6 is 0 Å². The van der Waals surface area contributed by atoms with Gasteiger partial charge in [0, 0.05) is 6.07 Å². The smallest absolute Gasteiger partial charge is 0.283 e. The van der Waals surface area contributed by atoms with E-state index in [0.717, 1.165) is 10.4 Å². The second kappa shape index (κ2) is 7.67. The third kappa shape index (κ3) is 3.76. The number of hydrogen-bond acceptors (Lipinski definition) is 3. The number of nitro benzene ring substituents is 1. The minimum Gasteiger partial charge on any atom is -0.403 e. The Balaban J connectivity index is 1.87. The summed E-state index contributed by atoms with van der Waals surface area (Å²) in [5.41, 5.74) is 0.692. The largest absolute Gasteiger partial charge is 0.403 e. The van der Waals surface area contributed by atoms with Gasteiger partial charge in [0.1, 0.15) is 0 Å². The van der Waals surface area contributed by atoms with Crippen molar-refractivity contribution in [3.8, 4) is 0 Å². The van der Waals surface area contributed by atoms with Gasteiger partial charge in [0.15, 0.2) is 0 Å². The molecule has 4 nitrogen and oxygen atoms in total. The Morgan fingerprint density at radius 2 is 1.29 bits per heavy atom. The lowest BCUT2D eigenvalue weighted by molar-refractivity contribution is -0.385. The van der Waals surface area contributed by atoms with E-state index in [-0.39, 0.29) is 17.2 Å². The molecular formula is C19H16NO3Si. The van der Waals surface area contributed by atoms with Crippen molar-refractivity contribution in [3.63, 3.8) is 0 Å². The molecule has 0 unspecified atom stereocenters. The van der Waals surface area contributed by atoms with Gasteiger partial charge in [-0.3, -0.25) is 10.1 Å². The normalized spacial score (nSPS) is 10.7. The van der Waals surface area contributed by atoms with Gasteiger partial charge in [-0.05, 0) is 16.4 Å². The van der Waals surface area contributed by atoms with E-state index in [1.54, 1.807) is 18.2 Å². The zero-order chi connectivity index (χ0) is 16.8. The Labute approximate surface area is 142 Å². The third-order valence-corrected chi connectivity index (χ3v) is 5.78. The van der Waals surface area contributed by atoms with E-state index in [0.29, 0.717) is 5.56 Å². The fourth-order valence-corrected chi connectivity index (χ4v) is 4.43. The van der Waals surface area contributed by atoms with Crippen molar-refractivity contribution in [2.24, 2.45) is 0 Å². The van der Waals surface area contributed by atoms with E-state index in [1.807, 2.05) is 60.7 Å². The molecule has 0 heterocycles. The summed E-state index contributed by atoms with van der Waals surface area (Å²) in [7, 11) is -1.46. The van der Waals surface area contributed by atoms with Gasteiger partial charge < -0.3 is 4.43 Å². The first-order chi connectivity index (χ1) is 11.8. The second-order valence-electron chi connectivity index (χ2n) is 5.24.